The highest BCUT2D eigenvalue weighted by Crippen LogP contribution is 2.23. The minimum atomic E-state index is 0.0180. The van der Waals surface area contributed by atoms with E-state index < -0.39 is 0 Å². The summed E-state index contributed by atoms with van der Waals surface area (Å²) in [4.78, 5) is 21.7. The number of carbonyl (C=O) groups is 1. The van der Waals surface area contributed by atoms with Gasteiger partial charge in [0.15, 0.2) is 5.82 Å². The van der Waals surface area contributed by atoms with Crippen LogP contribution in [0.1, 0.15) is 16.9 Å². The van der Waals surface area contributed by atoms with E-state index in [2.05, 4.69) is 15.0 Å². The molecule has 0 saturated carbocycles. The summed E-state index contributed by atoms with van der Waals surface area (Å²) in [5.41, 5.74) is 0.493. The summed E-state index contributed by atoms with van der Waals surface area (Å²) in [6.07, 6.45) is 4.82. The maximum absolute atomic E-state index is 12.8. The van der Waals surface area contributed by atoms with E-state index >= 15 is 0 Å². The maximum Gasteiger partial charge on any atom is 0.272 e. The first kappa shape index (κ1) is 15.7. The van der Waals surface area contributed by atoms with Crippen molar-refractivity contribution in [3.05, 3.63) is 42.4 Å². The zero-order valence-electron chi connectivity index (χ0n) is 13.5. The van der Waals surface area contributed by atoms with Gasteiger partial charge in [0.2, 0.25) is 0 Å². The second-order valence-corrected chi connectivity index (χ2v) is 7.33. The van der Waals surface area contributed by atoms with E-state index in [0.29, 0.717) is 17.6 Å². The molecule has 1 atom stereocenters. The van der Waals surface area contributed by atoms with Gasteiger partial charge in [0.25, 0.3) is 5.91 Å². The largest absolute Gasteiger partial charge is 0.335 e. The van der Waals surface area contributed by atoms with Crippen LogP contribution in [0.15, 0.2) is 36.7 Å². The van der Waals surface area contributed by atoms with E-state index in [0.717, 1.165) is 26.2 Å². The van der Waals surface area contributed by atoms with Crippen molar-refractivity contribution in [3.63, 3.8) is 0 Å². The molecule has 0 aromatic carbocycles. The van der Waals surface area contributed by atoms with Crippen molar-refractivity contribution in [2.75, 3.05) is 37.7 Å². The molecule has 2 fully saturated rings. The molecule has 4 rings (SSSR count). The summed E-state index contributed by atoms with van der Waals surface area (Å²) in [5.74, 6) is 3.20. The lowest BCUT2D eigenvalue weighted by Crippen LogP contribution is -2.52. The first-order chi connectivity index (χ1) is 11.8. The molecular weight excluding hydrogens is 322 g/mol. The number of piperazine rings is 1. The van der Waals surface area contributed by atoms with E-state index in [4.69, 9.17) is 0 Å². The minimum absolute atomic E-state index is 0.0180. The van der Waals surface area contributed by atoms with Crippen LogP contribution in [0.2, 0.25) is 0 Å². The predicted octanol–water partition coefficient (Wildman–Crippen LogP) is 1.53. The monoisotopic (exact) mass is 343 g/mol. The normalized spacial score (nSPS) is 22.0. The molecule has 6 nitrogen and oxygen atoms in total. The summed E-state index contributed by atoms with van der Waals surface area (Å²) in [6.45, 7) is 3.51. The summed E-state index contributed by atoms with van der Waals surface area (Å²) < 4.78 is 1.67. The van der Waals surface area contributed by atoms with Gasteiger partial charge >= 0.3 is 0 Å². The maximum atomic E-state index is 12.8. The third-order valence-electron chi connectivity index (χ3n) is 4.72. The van der Waals surface area contributed by atoms with Crippen LogP contribution in [0.5, 0.6) is 0 Å². The molecule has 0 bridgehead atoms. The highest BCUT2D eigenvalue weighted by atomic mass is 32.2. The molecule has 2 aromatic heterocycles. The van der Waals surface area contributed by atoms with Crippen LogP contribution in [0, 0.1) is 0 Å². The van der Waals surface area contributed by atoms with Crippen LogP contribution in [0.3, 0.4) is 0 Å². The van der Waals surface area contributed by atoms with Gasteiger partial charge in [0, 0.05) is 50.4 Å². The predicted molar refractivity (Wildman–Crippen MR) is 94.6 cm³/mol. The zero-order chi connectivity index (χ0) is 16.4. The third kappa shape index (κ3) is 3.18. The number of thioether (sulfide) groups is 1. The van der Waals surface area contributed by atoms with E-state index in [1.165, 1.54) is 17.9 Å². The molecule has 0 unspecified atom stereocenters. The highest BCUT2D eigenvalue weighted by Gasteiger charge is 2.28. The number of nitrogens with zero attached hydrogens (tertiary/aromatic N) is 5. The fourth-order valence-electron chi connectivity index (χ4n) is 3.34. The van der Waals surface area contributed by atoms with E-state index in [-0.39, 0.29) is 5.91 Å². The Labute approximate surface area is 145 Å². The van der Waals surface area contributed by atoms with E-state index in [1.807, 2.05) is 41.1 Å². The quantitative estimate of drug-likeness (QED) is 0.846. The van der Waals surface area contributed by atoms with Crippen LogP contribution in [-0.2, 0) is 0 Å². The average molecular weight is 343 g/mol. The number of rotatable bonds is 3. The lowest BCUT2D eigenvalue weighted by molar-refractivity contribution is 0.0583. The molecule has 0 radical (unpaired) electrons. The summed E-state index contributed by atoms with van der Waals surface area (Å²) in [7, 11) is 0. The first-order valence-electron chi connectivity index (χ1n) is 8.39. The number of pyridine rings is 1. The van der Waals surface area contributed by atoms with Crippen LogP contribution in [-0.4, -0.2) is 74.2 Å². The molecule has 7 heteroatoms. The molecule has 0 aliphatic carbocycles. The second kappa shape index (κ2) is 6.94. The van der Waals surface area contributed by atoms with Gasteiger partial charge in [-0.3, -0.25) is 9.69 Å². The van der Waals surface area contributed by atoms with Gasteiger partial charge in [-0.1, -0.05) is 6.07 Å². The van der Waals surface area contributed by atoms with Crippen molar-refractivity contribution < 1.29 is 4.79 Å². The minimum Gasteiger partial charge on any atom is -0.335 e. The lowest BCUT2D eigenvalue weighted by Gasteiger charge is -2.37. The van der Waals surface area contributed by atoms with Crippen LogP contribution >= 0.6 is 11.8 Å². The number of amides is 1. The lowest BCUT2D eigenvalue weighted by atomic mass is 10.2. The Morgan fingerprint density at radius 3 is 2.75 bits per heavy atom. The highest BCUT2D eigenvalue weighted by molar-refractivity contribution is 7.99. The second-order valence-electron chi connectivity index (χ2n) is 6.18. The molecule has 2 saturated heterocycles. The molecule has 2 aliphatic rings. The molecule has 0 spiro atoms. The first-order valence-corrected chi connectivity index (χ1v) is 9.55. The van der Waals surface area contributed by atoms with Crippen molar-refractivity contribution in [1.82, 2.24) is 24.6 Å². The van der Waals surface area contributed by atoms with Crippen molar-refractivity contribution in [2.45, 2.75) is 12.5 Å². The van der Waals surface area contributed by atoms with E-state index in [9.17, 15) is 4.79 Å². The Hall–Kier alpha value is -1.86. The molecule has 4 heterocycles. The van der Waals surface area contributed by atoms with Crippen molar-refractivity contribution in [2.24, 2.45) is 0 Å². The standard InChI is InChI=1S/C17H21N5OS/c23-17(15-3-1-4-16(19-15)22-7-2-6-18-22)21-10-8-20(9-11-21)14-5-12-24-13-14/h1-4,6-7,14H,5,8-13H2/t14-/m1/s1. The van der Waals surface area contributed by atoms with Gasteiger partial charge in [-0.15, -0.1) is 0 Å². The molecule has 24 heavy (non-hydrogen) atoms. The van der Waals surface area contributed by atoms with Crippen LogP contribution in [0.4, 0.5) is 0 Å². The van der Waals surface area contributed by atoms with Crippen molar-refractivity contribution >= 4 is 17.7 Å². The van der Waals surface area contributed by atoms with Crippen LogP contribution in [0.25, 0.3) is 5.82 Å². The van der Waals surface area contributed by atoms with Crippen molar-refractivity contribution in [1.29, 1.82) is 0 Å². The molecule has 126 valence electrons. The van der Waals surface area contributed by atoms with Gasteiger partial charge in [-0.2, -0.15) is 16.9 Å². The summed E-state index contributed by atoms with van der Waals surface area (Å²) in [6, 6.07) is 8.06. The van der Waals surface area contributed by atoms with E-state index in [1.54, 1.807) is 16.9 Å². The Kier molecular flexibility index (Phi) is 4.53. The average Bonchev–Trinajstić information content (AvgIpc) is 3.35. The van der Waals surface area contributed by atoms with Crippen LogP contribution < -0.4 is 0 Å². The summed E-state index contributed by atoms with van der Waals surface area (Å²) >= 11 is 2.04. The van der Waals surface area contributed by atoms with Gasteiger partial charge in [0.1, 0.15) is 5.69 Å². The molecular formula is C17H21N5OS. The van der Waals surface area contributed by atoms with Gasteiger partial charge in [0.05, 0.1) is 0 Å². The summed E-state index contributed by atoms with van der Waals surface area (Å²) in [5, 5.41) is 4.17. The van der Waals surface area contributed by atoms with Gasteiger partial charge in [-0.25, -0.2) is 9.67 Å². The van der Waals surface area contributed by atoms with Gasteiger partial charge in [-0.05, 0) is 30.4 Å². The number of hydrogen-bond acceptors (Lipinski definition) is 5. The fourth-order valence-corrected chi connectivity index (χ4v) is 4.59. The van der Waals surface area contributed by atoms with Crippen molar-refractivity contribution in [3.8, 4) is 5.82 Å². The Bertz CT molecular complexity index is 691. The Morgan fingerprint density at radius 1 is 1.17 bits per heavy atom. The zero-order valence-corrected chi connectivity index (χ0v) is 14.4. The SMILES string of the molecule is O=C(c1cccc(-n2cccn2)n1)N1CCN([C@@H]2CCSC2)CC1. The number of carbonyl (C=O) groups excluding carboxylic acids is 1. The molecule has 1 amide bonds. The topological polar surface area (TPSA) is 54.3 Å². The molecule has 2 aliphatic heterocycles. The molecule has 2 aromatic rings. The Balaban J connectivity index is 1.42. The smallest absolute Gasteiger partial charge is 0.272 e. The number of hydrogen-bond donors (Lipinski definition) is 0. The van der Waals surface area contributed by atoms with Gasteiger partial charge < -0.3 is 4.90 Å². The Morgan fingerprint density at radius 2 is 2.04 bits per heavy atom. The number of aromatic nitrogens is 3. The molecule has 0 N–H and O–H groups in total. The fraction of sp³-hybridized carbons (Fsp3) is 0.471. The third-order valence-corrected chi connectivity index (χ3v) is 5.86.